The van der Waals surface area contributed by atoms with Gasteiger partial charge < -0.3 is 5.73 Å². The maximum Gasteiger partial charge on any atom is 0.402 e. The first-order valence-electron chi connectivity index (χ1n) is 5.70. The summed E-state index contributed by atoms with van der Waals surface area (Å²) < 4.78 is 75.3. The van der Waals surface area contributed by atoms with E-state index in [1.54, 1.807) is 0 Å². The molecular formula is C11H14F4N2O2S. The molecule has 0 fully saturated rings. The highest BCUT2D eigenvalue weighted by Gasteiger charge is 2.37. The zero-order chi connectivity index (χ0) is 15.6. The Morgan fingerprint density at radius 1 is 1.30 bits per heavy atom. The molecule has 1 rings (SSSR count). The maximum atomic E-state index is 13.6. The van der Waals surface area contributed by atoms with E-state index in [4.69, 9.17) is 5.73 Å². The van der Waals surface area contributed by atoms with E-state index in [-0.39, 0.29) is 23.0 Å². The normalized spacial score (nSPS) is 12.9. The van der Waals surface area contributed by atoms with Gasteiger partial charge in [-0.2, -0.15) is 17.5 Å². The van der Waals surface area contributed by atoms with Crippen LogP contribution in [0, 0.1) is 5.82 Å². The average Bonchev–Trinajstić information content (AvgIpc) is 2.30. The highest BCUT2D eigenvalue weighted by atomic mass is 32.2. The van der Waals surface area contributed by atoms with E-state index in [1.807, 2.05) is 0 Å². The van der Waals surface area contributed by atoms with Crippen molar-refractivity contribution in [3.63, 3.8) is 0 Å². The summed E-state index contributed by atoms with van der Waals surface area (Å²) in [5, 5.41) is 0. The quantitative estimate of drug-likeness (QED) is 0.670. The first kappa shape index (κ1) is 16.7. The largest absolute Gasteiger partial charge is 0.402 e. The van der Waals surface area contributed by atoms with Gasteiger partial charge in [-0.25, -0.2) is 12.8 Å². The zero-order valence-electron chi connectivity index (χ0n) is 10.6. The molecule has 114 valence electrons. The molecule has 0 aliphatic rings. The van der Waals surface area contributed by atoms with Crippen LogP contribution in [-0.4, -0.2) is 32.0 Å². The lowest BCUT2D eigenvalue weighted by Gasteiger charge is -2.23. The molecule has 20 heavy (non-hydrogen) atoms. The lowest BCUT2D eigenvalue weighted by atomic mass is 10.3. The van der Waals surface area contributed by atoms with Gasteiger partial charge in [0.25, 0.3) is 0 Å². The first-order chi connectivity index (χ1) is 9.08. The predicted molar refractivity (Wildman–Crippen MR) is 65.9 cm³/mol. The van der Waals surface area contributed by atoms with Gasteiger partial charge in [0.05, 0.1) is 0 Å². The van der Waals surface area contributed by atoms with Crippen LogP contribution in [0.15, 0.2) is 23.1 Å². The topological polar surface area (TPSA) is 63.4 Å². The number of alkyl halides is 3. The Kier molecular flexibility index (Phi) is 4.98. The zero-order valence-corrected chi connectivity index (χ0v) is 11.4. The molecule has 4 nitrogen and oxygen atoms in total. The van der Waals surface area contributed by atoms with Gasteiger partial charge in [0.1, 0.15) is 17.3 Å². The van der Waals surface area contributed by atoms with E-state index in [1.165, 1.54) is 6.92 Å². The van der Waals surface area contributed by atoms with E-state index >= 15 is 0 Å². The number of hydrogen-bond acceptors (Lipinski definition) is 3. The third-order valence-corrected chi connectivity index (χ3v) is 4.26. The third kappa shape index (κ3) is 4.07. The maximum absolute atomic E-state index is 13.6. The van der Waals surface area contributed by atoms with Crippen LogP contribution in [0.1, 0.15) is 13.3 Å². The summed E-state index contributed by atoms with van der Waals surface area (Å²) in [7, 11) is -4.59. The molecule has 0 aliphatic heterocycles. The molecule has 0 atom stereocenters. The van der Waals surface area contributed by atoms with E-state index in [0.29, 0.717) is 0 Å². The van der Waals surface area contributed by atoms with Crippen molar-refractivity contribution < 1.29 is 26.0 Å². The van der Waals surface area contributed by atoms with Crippen molar-refractivity contribution in [1.82, 2.24) is 4.31 Å². The number of anilines is 1. The van der Waals surface area contributed by atoms with Crippen LogP contribution in [-0.2, 0) is 10.0 Å². The minimum Gasteiger partial charge on any atom is -0.399 e. The number of nitrogens with two attached hydrogens (primary N) is 1. The highest BCUT2D eigenvalue weighted by molar-refractivity contribution is 7.89. The Morgan fingerprint density at radius 3 is 2.40 bits per heavy atom. The summed E-state index contributed by atoms with van der Waals surface area (Å²) in [6.45, 7) is -0.512. The van der Waals surface area contributed by atoms with E-state index < -0.39 is 33.5 Å². The Hall–Kier alpha value is -1.35. The summed E-state index contributed by atoms with van der Waals surface area (Å²) in [5.74, 6) is -1.14. The molecule has 1 aromatic carbocycles. The summed E-state index contributed by atoms with van der Waals surface area (Å²) in [6, 6.07) is 2.74. The molecule has 0 spiro atoms. The van der Waals surface area contributed by atoms with Gasteiger partial charge in [-0.05, 0) is 24.6 Å². The van der Waals surface area contributed by atoms with Crippen molar-refractivity contribution >= 4 is 15.7 Å². The molecular weight excluding hydrogens is 300 g/mol. The lowest BCUT2D eigenvalue weighted by Crippen LogP contribution is -2.39. The molecule has 0 aliphatic carbocycles. The fourth-order valence-corrected chi connectivity index (χ4v) is 3.21. The molecule has 2 N–H and O–H groups in total. The lowest BCUT2D eigenvalue weighted by molar-refractivity contribution is -0.136. The SMILES string of the molecule is CCCN(CC(F)(F)F)S(=O)(=O)c1cc(N)ccc1F. The summed E-state index contributed by atoms with van der Waals surface area (Å²) >= 11 is 0. The fourth-order valence-electron chi connectivity index (χ4n) is 1.59. The Balaban J connectivity index is 3.26. The number of nitrogen functional groups attached to an aromatic ring is 1. The Labute approximate surface area is 114 Å². The molecule has 9 heteroatoms. The molecule has 0 radical (unpaired) electrons. The molecule has 0 amide bonds. The molecule has 0 unspecified atom stereocenters. The minimum atomic E-state index is -4.71. The second-order valence-corrected chi connectivity index (χ2v) is 6.05. The highest BCUT2D eigenvalue weighted by Crippen LogP contribution is 2.25. The molecule has 0 saturated carbocycles. The van der Waals surface area contributed by atoms with Crippen molar-refractivity contribution in [2.24, 2.45) is 0 Å². The second-order valence-electron chi connectivity index (χ2n) is 4.14. The van der Waals surface area contributed by atoms with E-state index in [9.17, 15) is 26.0 Å². The van der Waals surface area contributed by atoms with Crippen molar-refractivity contribution in [3.8, 4) is 0 Å². The number of nitrogens with zero attached hydrogens (tertiary/aromatic N) is 1. The van der Waals surface area contributed by atoms with Gasteiger partial charge in [-0.3, -0.25) is 0 Å². The van der Waals surface area contributed by atoms with Crippen molar-refractivity contribution in [3.05, 3.63) is 24.0 Å². The number of hydrogen-bond donors (Lipinski definition) is 1. The van der Waals surface area contributed by atoms with Crippen LogP contribution >= 0.6 is 0 Å². The summed E-state index contributed by atoms with van der Waals surface area (Å²) in [5.41, 5.74) is 5.31. The average molecular weight is 314 g/mol. The van der Waals surface area contributed by atoms with Gasteiger partial charge in [0.15, 0.2) is 0 Å². The number of benzene rings is 1. The van der Waals surface area contributed by atoms with Gasteiger partial charge in [0, 0.05) is 12.2 Å². The first-order valence-corrected chi connectivity index (χ1v) is 7.14. The summed E-state index contributed by atoms with van der Waals surface area (Å²) in [4.78, 5) is -0.852. The molecule has 0 heterocycles. The van der Waals surface area contributed by atoms with Crippen molar-refractivity contribution in [1.29, 1.82) is 0 Å². The van der Waals surface area contributed by atoms with Crippen LogP contribution in [0.3, 0.4) is 0 Å². The smallest absolute Gasteiger partial charge is 0.399 e. The number of sulfonamides is 1. The Morgan fingerprint density at radius 2 is 1.90 bits per heavy atom. The van der Waals surface area contributed by atoms with Crippen LogP contribution in [0.5, 0.6) is 0 Å². The van der Waals surface area contributed by atoms with Gasteiger partial charge in [0.2, 0.25) is 10.0 Å². The Bertz CT molecular complexity index is 572. The number of rotatable bonds is 5. The van der Waals surface area contributed by atoms with Crippen molar-refractivity contribution in [2.45, 2.75) is 24.4 Å². The number of halogens is 4. The van der Waals surface area contributed by atoms with Crippen LogP contribution < -0.4 is 5.73 Å². The van der Waals surface area contributed by atoms with Crippen molar-refractivity contribution in [2.75, 3.05) is 18.8 Å². The molecule has 0 aromatic heterocycles. The predicted octanol–water partition coefficient (Wildman–Crippen LogP) is 2.37. The molecule has 1 aromatic rings. The molecule has 0 bridgehead atoms. The van der Waals surface area contributed by atoms with Crippen LogP contribution in [0.4, 0.5) is 23.2 Å². The second kappa shape index (κ2) is 5.96. The van der Waals surface area contributed by atoms with Gasteiger partial charge in [-0.1, -0.05) is 6.92 Å². The summed E-state index contributed by atoms with van der Waals surface area (Å²) in [6.07, 6.45) is -4.54. The third-order valence-electron chi connectivity index (χ3n) is 2.40. The van der Waals surface area contributed by atoms with Crippen LogP contribution in [0.25, 0.3) is 0 Å². The van der Waals surface area contributed by atoms with E-state index in [0.717, 1.165) is 18.2 Å². The van der Waals surface area contributed by atoms with Gasteiger partial charge in [-0.15, -0.1) is 0 Å². The van der Waals surface area contributed by atoms with E-state index in [2.05, 4.69) is 0 Å². The van der Waals surface area contributed by atoms with Crippen LogP contribution in [0.2, 0.25) is 0 Å². The van der Waals surface area contributed by atoms with Gasteiger partial charge >= 0.3 is 6.18 Å². The monoisotopic (exact) mass is 314 g/mol. The standard InChI is InChI=1S/C11H14F4N2O2S/c1-2-5-17(7-11(13,14)15)20(18,19)10-6-8(16)3-4-9(10)12/h3-4,6H,2,5,7,16H2,1H3. The fraction of sp³-hybridized carbons (Fsp3) is 0.455. The molecule has 0 saturated heterocycles. The minimum absolute atomic E-state index is 0.0477.